The predicted octanol–water partition coefficient (Wildman–Crippen LogP) is 4.27. The third kappa shape index (κ3) is 3.70. The van der Waals surface area contributed by atoms with E-state index in [4.69, 9.17) is 26.0 Å². The largest absolute Gasteiger partial charge is 0.489 e. The first-order valence-electron chi connectivity index (χ1n) is 6.79. The Balaban J connectivity index is 1.66. The van der Waals surface area contributed by atoms with Gasteiger partial charge in [0.25, 0.3) is 0 Å². The summed E-state index contributed by atoms with van der Waals surface area (Å²) in [6.45, 7) is 0.418. The van der Waals surface area contributed by atoms with E-state index in [1.807, 2.05) is 24.3 Å². The number of hydrogen-bond acceptors (Lipinski definition) is 4. The van der Waals surface area contributed by atoms with Crippen molar-refractivity contribution < 1.29 is 19.2 Å². The van der Waals surface area contributed by atoms with E-state index in [1.165, 1.54) is 6.07 Å². The second-order valence-corrected chi connectivity index (χ2v) is 5.26. The van der Waals surface area contributed by atoms with E-state index < -0.39 is 5.97 Å². The highest BCUT2D eigenvalue weighted by atomic mass is 35.5. The fraction of sp³-hybridized carbons (Fsp3) is 0.0588. The smallest absolute Gasteiger partial charge is 0.374 e. The molecule has 0 saturated heterocycles. The van der Waals surface area contributed by atoms with Crippen LogP contribution in [-0.2, 0) is 6.61 Å². The van der Waals surface area contributed by atoms with Crippen molar-refractivity contribution in [1.29, 1.82) is 0 Å². The third-order valence-electron chi connectivity index (χ3n) is 3.19. The summed E-state index contributed by atoms with van der Waals surface area (Å²) in [5, 5.41) is 13.2. The van der Waals surface area contributed by atoms with Crippen LogP contribution in [0.15, 0.2) is 59.1 Å². The fourth-order valence-corrected chi connectivity index (χ4v) is 2.11. The number of carbonyl (C=O) groups is 1. The number of rotatable bonds is 5. The number of nitrogens with zero attached hydrogens (tertiary/aromatic N) is 1. The number of ether oxygens (including phenoxy) is 1. The zero-order valence-corrected chi connectivity index (χ0v) is 12.7. The number of benzene rings is 2. The summed E-state index contributed by atoms with van der Waals surface area (Å²) in [5.74, 6) is -0.590. The van der Waals surface area contributed by atoms with Crippen LogP contribution in [-0.4, -0.2) is 16.2 Å². The summed E-state index contributed by atoms with van der Waals surface area (Å²) in [7, 11) is 0. The van der Waals surface area contributed by atoms with Crippen LogP contribution < -0.4 is 4.74 Å². The van der Waals surface area contributed by atoms with Crippen LogP contribution in [0.1, 0.15) is 16.1 Å². The molecule has 2 aromatic carbocycles. The molecule has 3 aromatic rings. The molecule has 0 amide bonds. The van der Waals surface area contributed by atoms with Crippen molar-refractivity contribution in [3.8, 4) is 17.0 Å². The first kappa shape index (κ1) is 15.1. The van der Waals surface area contributed by atoms with Crippen LogP contribution >= 0.6 is 11.6 Å². The number of carboxylic acid groups (broad SMARTS) is 1. The molecule has 0 aliphatic heterocycles. The second kappa shape index (κ2) is 6.54. The Bertz CT molecular complexity index is 809. The number of aromatic nitrogens is 1. The Morgan fingerprint density at radius 3 is 2.43 bits per heavy atom. The minimum Gasteiger partial charge on any atom is -0.489 e. The van der Waals surface area contributed by atoms with E-state index >= 15 is 0 Å². The van der Waals surface area contributed by atoms with Crippen LogP contribution in [0.2, 0.25) is 5.02 Å². The predicted molar refractivity (Wildman–Crippen MR) is 84.7 cm³/mol. The zero-order chi connectivity index (χ0) is 16.2. The van der Waals surface area contributed by atoms with Gasteiger partial charge in [0.2, 0.25) is 5.76 Å². The number of halogens is 1. The lowest BCUT2D eigenvalue weighted by Gasteiger charge is -2.06. The van der Waals surface area contributed by atoms with Gasteiger partial charge in [-0.3, -0.25) is 0 Å². The topological polar surface area (TPSA) is 72.6 Å². The van der Waals surface area contributed by atoms with Crippen molar-refractivity contribution in [2.24, 2.45) is 0 Å². The lowest BCUT2D eigenvalue weighted by Crippen LogP contribution is -1.95. The van der Waals surface area contributed by atoms with Crippen molar-refractivity contribution in [1.82, 2.24) is 5.16 Å². The van der Waals surface area contributed by atoms with Crippen molar-refractivity contribution in [2.45, 2.75) is 6.61 Å². The number of aromatic carboxylic acids is 1. The molecular weight excluding hydrogens is 318 g/mol. The Morgan fingerprint density at radius 1 is 1.13 bits per heavy atom. The minimum atomic E-state index is -1.14. The normalized spacial score (nSPS) is 10.5. The van der Waals surface area contributed by atoms with Gasteiger partial charge in [-0.2, -0.15) is 0 Å². The highest BCUT2D eigenvalue weighted by Crippen LogP contribution is 2.21. The summed E-state index contributed by atoms with van der Waals surface area (Å²) in [5.41, 5.74) is 2.23. The molecule has 5 nitrogen and oxygen atoms in total. The molecule has 0 aliphatic rings. The maximum atomic E-state index is 10.8. The van der Waals surface area contributed by atoms with Crippen molar-refractivity contribution in [3.63, 3.8) is 0 Å². The van der Waals surface area contributed by atoms with Gasteiger partial charge in [-0.1, -0.05) is 41.0 Å². The average Bonchev–Trinajstić information content (AvgIpc) is 3.05. The summed E-state index contributed by atoms with van der Waals surface area (Å²) in [6, 6.07) is 16.0. The average molecular weight is 330 g/mol. The molecule has 0 fully saturated rings. The van der Waals surface area contributed by atoms with Gasteiger partial charge in [-0.05, 0) is 29.8 Å². The van der Waals surface area contributed by atoms with Gasteiger partial charge >= 0.3 is 5.97 Å². The molecule has 0 saturated carbocycles. The zero-order valence-electron chi connectivity index (χ0n) is 11.9. The summed E-state index contributed by atoms with van der Waals surface area (Å²) >= 11 is 5.82. The molecule has 1 aromatic heterocycles. The SMILES string of the molecule is O=C(O)c1cc(-c2ccc(COc3ccc(Cl)cc3)cc2)no1. The van der Waals surface area contributed by atoms with E-state index in [0.717, 1.165) is 16.9 Å². The maximum Gasteiger partial charge on any atom is 0.374 e. The lowest BCUT2D eigenvalue weighted by molar-refractivity contribution is 0.0652. The van der Waals surface area contributed by atoms with Gasteiger partial charge in [-0.25, -0.2) is 4.79 Å². The first-order chi connectivity index (χ1) is 11.1. The summed E-state index contributed by atoms with van der Waals surface area (Å²) in [6.07, 6.45) is 0. The third-order valence-corrected chi connectivity index (χ3v) is 3.44. The molecule has 1 heterocycles. The van der Waals surface area contributed by atoms with Gasteiger partial charge in [-0.15, -0.1) is 0 Å². The molecular formula is C17H12ClNO4. The van der Waals surface area contributed by atoms with E-state index in [0.29, 0.717) is 17.3 Å². The Hall–Kier alpha value is -2.79. The van der Waals surface area contributed by atoms with Gasteiger partial charge < -0.3 is 14.4 Å². The minimum absolute atomic E-state index is 0.185. The van der Waals surface area contributed by atoms with E-state index in [1.54, 1.807) is 24.3 Å². The number of hydrogen-bond donors (Lipinski definition) is 1. The van der Waals surface area contributed by atoms with Crippen LogP contribution in [0.5, 0.6) is 5.75 Å². The van der Waals surface area contributed by atoms with Crippen LogP contribution in [0, 0.1) is 0 Å². The van der Waals surface area contributed by atoms with Crippen LogP contribution in [0.3, 0.4) is 0 Å². The summed E-state index contributed by atoms with van der Waals surface area (Å²) < 4.78 is 10.4. The fourth-order valence-electron chi connectivity index (χ4n) is 1.98. The second-order valence-electron chi connectivity index (χ2n) is 4.82. The van der Waals surface area contributed by atoms with Crippen molar-refractivity contribution >= 4 is 17.6 Å². The molecule has 23 heavy (non-hydrogen) atoms. The maximum absolute atomic E-state index is 10.8. The van der Waals surface area contributed by atoms with Crippen LogP contribution in [0.25, 0.3) is 11.3 Å². The Labute approximate surface area is 137 Å². The van der Waals surface area contributed by atoms with E-state index in [-0.39, 0.29) is 5.76 Å². The molecule has 0 atom stereocenters. The molecule has 1 N–H and O–H groups in total. The molecule has 3 rings (SSSR count). The quantitative estimate of drug-likeness (QED) is 0.756. The standard InChI is InChI=1S/C17H12ClNO4/c18-13-5-7-14(8-6-13)22-10-11-1-3-12(4-2-11)15-9-16(17(20)21)23-19-15/h1-9H,10H2,(H,20,21). The van der Waals surface area contributed by atoms with Crippen molar-refractivity contribution in [3.05, 3.63) is 70.9 Å². The highest BCUT2D eigenvalue weighted by Gasteiger charge is 2.12. The van der Waals surface area contributed by atoms with Crippen molar-refractivity contribution in [2.75, 3.05) is 0 Å². The molecule has 0 spiro atoms. The molecule has 0 unspecified atom stereocenters. The van der Waals surface area contributed by atoms with Gasteiger partial charge in [0.1, 0.15) is 18.1 Å². The highest BCUT2D eigenvalue weighted by molar-refractivity contribution is 6.30. The first-order valence-corrected chi connectivity index (χ1v) is 7.17. The van der Waals surface area contributed by atoms with Gasteiger partial charge in [0, 0.05) is 16.7 Å². The molecule has 0 radical (unpaired) electrons. The Morgan fingerprint density at radius 2 is 1.83 bits per heavy atom. The van der Waals surface area contributed by atoms with Gasteiger partial charge in [0.15, 0.2) is 0 Å². The molecule has 6 heteroatoms. The van der Waals surface area contributed by atoms with E-state index in [2.05, 4.69) is 5.16 Å². The summed E-state index contributed by atoms with van der Waals surface area (Å²) in [4.78, 5) is 10.8. The molecule has 116 valence electrons. The lowest BCUT2D eigenvalue weighted by atomic mass is 10.1. The molecule has 0 bridgehead atoms. The molecule has 0 aliphatic carbocycles. The Kier molecular flexibility index (Phi) is 4.30. The monoisotopic (exact) mass is 329 g/mol. The van der Waals surface area contributed by atoms with E-state index in [9.17, 15) is 4.79 Å². The number of carboxylic acids is 1. The van der Waals surface area contributed by atoms with Gasteiger partial charge in [0.05, 0.1) is 0 Å². The van der Waals surface area contributed by atoms with Crippen LogP contribution in [0.4, 0.5) is 0 Å².